The van der Waals surface area contributed by atoms with Gasteiger partial charge in [0.1, 0.15) is 0 Å². The summed E-state index contributed by atoms with van der Waals surface area (Å²) in [5.41, 5.74) is -4.98. The normalized spacial score (nSPS) is 12.8. The van der Waals surface area contributed by atoms with Crippen LogP contribution in [-0.2, 0) is 28.0 Å². The predicted molar refractivity (Wildman–Crippen MR) is 54.3 cm³/mol. The minimum absolute atomic E-state index is 0.143. The SMILES string of the molecule is COc1c(COS(=O)(=O)C(F)(F)F)c(C)nn1C. The number of nitrogens with zero attached hydrogens (tertiary/aromatic N) is 2. The summed E-state index contributed by atoms with van der Waals surface area (Å²) in [5.74, 6) is 0.143. The summed E-state index contributed by atoms with van der Waals surface area (Å²) in [7, 11) is -2.82. The molecule has 0 N–H and O–H groups in total. The molecule has 104 valence electrons. The van der Waals surface area contributed by atoms with Crippen molar-refractivity contribution in [2.45, 2.75) is 19.0 Å². The average molecular weight is 288 g/mol. The molecule has 0 aliphatic heterocycles. The maximum atomic E-state index is 12.1. The lowest BCUT2D eigenvalue weighted by molar-refractivity contribution is -0.0548. The first-order valence-corrected chi connectivity index (χ1v) is 6.03. The second-order valence-electron chi connectivity index (χ2n) is 3.36. The van der Waals surface area contributed by atoms with Gasteiger partial charge in [0.05, 0.1) is 25.0 Å². The summed E-state index contributed by atoms with van der Waals surface area (Å²) in [5, 5.41) is 3.88. The summed E-state index contributed by atoms with van der Waals surface area (Å²) < 4.78 is 67.7. The highest BCUT2D eigenvalue weighted by molar-refractivity contribution is 7.87. The van der Waals surface area contributed by atoms with E-state index < -0.39 is 22.2 Å². The van der Waals surface area contributed by atoms with Gasteiger partial charge in [-0.05, 0) is 6.92 Å². The van der Waals surface area contributed by atoms with Crippen molar-refractivity contribution in [3.8, 4) is 5.88 Å². The lowest BCUT2D eigenvalue weighted by Gasteiger charge is -2.09. The van der Waals surface area contributed by atoms with Crippen LogP contribution < -0.4 is 4.74 Å². The smallest absolute Gasteiger partial charge is 0.481 e. The van der Waals surface area contributed by atoms with Crippen molar-refractivity contribution in [1.82, 2.24) is 9.78 Å². The standard InChI is InChI=1S/C8H11F3N2O4S/c1-5-6(7(16-3)13(2)12-5)4-17-18(14,15)8(9,10)11/h4H2,1-3H3. The fourth-order valence-electron chi connectivity index (χ4n) is 1.31. The molecule has 0 aromatic carbocycles. The third-order valence-corrected chi connectivity index (χ3v) is 3.12. The second-order valence-corrected chi connectivity index (χ2v) is 4.97. The molecule has 10 heteroatoms. The number of halogens is 3. The van der Waals surface area contributed by atoms with E-state index in [2.05, 4.69) is 9.28 Å². The molecule has 1 aromatic heterocycles. The first kappa shape index (κ1) is 14.8. The van der Waals surface area contributed by atoms with E-state index in [1.54, 1.807) is 0 Å². The van der Waals surface area contributed by atoms with Gasteiger partial charge in [-0.15, -0.1) is 0 Å². The van der Waals surface area contributed by atoms with Gasteiger partial charge >= 0.3 is 15.6 Å². The largest absolute Gasteiger partial charge is 0.523 e. The Balaban J connectivity index is 2.95. The number of aryl methyl sites for hydroxylation is 2. The zero-order chi connectivity index (χ0) is 14.1. The van der Waals surface area contributed by atoms with Crippen molar-refractivity contribution < 1.29 is 30.5 Å². The van der Waals surface area contributed by atoms with E-state index in [4.69, 9.17) is 4.74 Å². The molecule has 0 aliphatic rings. The minimum Gasteiger partial charge on any atom is -0.481 e. The Kier molecular flexibility index (Phi) is 3.91. The van der Waals surface area contributed by atoms with Crippen molar-refractivity contribution in [3.63, 3.8) is 0 Å². The van der Waals surface area contributed by atoms with Gasteiger partial charge in [0.2, 0.25) is 5.88 Å². The number of methoxy groups -OCH3 is 1. The highest BCUT2D eigenvalue weighted by Crippen LogP contribution is 2.28. The number of hydrogen-bond acceptors (Lipinski definition) is 5. The van der Waals surface area contributed by atoms with E-state index in [0.717, 1.165) is 0 Å². The molecule has 0 spiro atoms. The van der Waals surface area contributed by atoms with Gasteiger partial charge in [0, 0.05) is 7.05 Å². The van der Waals surface area contributed by atoms with Crippen LogP contribution in [0.25, 0.3) is 0 Å². The molecule has 1 rings (SSSR count). The van der Waals surface area contributed by atoms with E-state index in [1.807, 2.05) is 0 Å². The fraction of sp³-hybridized carbons (Fsp3) is 0.625. The van der Waals surface area contributed by atoms with Crippen molar-refractivity contribution in [2.75, 3.05) is 7.11 Å². The van der Waals surface area contributed by atoms with Gasteiger partial charge in [-0.1, -0.05) is 0 Å². The van der Waals surface area contributed by atoms with Crippen LogP contribution in [0.2, 0.25) is 0 Å². The predicted octanol–water partition coefficient (Wildman–Crippen LogP) is 1.10. The molecule has 0 fully saturated rings. The van der Waals surface area contributed by atoms with Crippen LogP contribution in [0.3, 0.4) is 0 Å². The first-order chi connectivity index (χ1) is 8.10. The van der Waals surface area contributed by atoms with Crippen molar-refractivity contribution in [1.29, 1.82) is 0 Å². The zero-order valence-electron chi connectivity index (χ0n) is 9.78. The summed E-state index contributed by atoms with van der Waals surface area (Å²) >= 11 is 0. The molecule has 1 heterocycles. The van der Waals surface area contributed by atoms with Crippen LogP contribution >= 0.6 is 0 Å². The van der Waals surface area contributed by atoms with Gasteiger partial charge in [-0.2, -0.15) is 26.7 Å². The van der Waals surface area contributed by atoms with Gasteiger partial charge in [-0.25, -0.2) is 4.68 Å². The second kappa shape index (κ2) is 4.76. The number of rotatable bonds is 4. The maximum Gasteiger partial charge on any atom is 0.523 e. The van der Waals surface area contributed by atoms with E-state index in [-0.39, 0.29) is 11.4 Å². The monoisotopic (exact) mass is 288 g/mol. The van der Waals surface area contributed by atoms with Crippen LogP contribution in [0.15, 0.2) is 0 Å². The van der Waals surface area contributed by atoms with Crippen LogP contribution in [-0.4, -0.2) is 30.8 Å². The zero-order valence-corrected chi connectivity index (χ0v) is 10.6. The maximum absolute atomic E-state index is 12.1. The molecule has 0 aliphatic carbocycles. The molecule has 0 unspecified atom stereocenters. The molecular formula is C8H11F3N2O4S. The Labute approximate surface area is 101 Å². The number of aromatic nitrogens is 2. The summed E-state index contributed by atoms with van der Waals surface area (Å²) in [6.45, 7) is 0.714. The molecule has 0 bridgehead atoms. The summed E-state index contributed by atoms with van der Waals surface area (Å²) in [4.78, 5) is 0. The molecule has 0 atom stereocenters. The highest BCUT2D eigenvalue weighted by atomic mass is 32.2. The average Bonchev–Trinajstić information content (AvgIpc) is 2.48. The van der Waals surface area contributed by atoms with Crippen LogP contribution in [0.4, 0.5) is 13.2 Å². The van der Waals surface area contributed by atoms with Gasteiger partial charge in [0.15, 0.2) is 0 Å². The minimum atomic E-state index is -5.62. The topological polar surface area (TPSA) is 70.4 Å². The molecular weight excluding hydrogens is 277 g/mol. The lowest BCUT2D eigenvalue weighted by atomic mass is 10.3. The first-order valence-electron chi connectivity index (χ1n) is 4.62. The lowest BCUT2D eigenvalue weighted by Crippen LogP contribution is -2.25. The molecule has 0 saturated heterocycles. The molecule has 6 nitrogen and oxygen atoms in total. The third-order valence-electron chi connectivity index (χ3n) is 2.12. The molecule has 0 radical (unpaired) electrons. The van der Waals surface area contributed by atoms with Crippen LogP contribution in [0.5, 0.6) is 5.88 Å². The highest BCUT2D eigenvalue weighted by Gasteiger charge is 2.47. The summed E-state index contributed by atoms with van der Waals surface area (Å²) in [6.07, 6.45) is 0. The molecule has 1 aromatic rings. The quantitative estimate of drug-likeness (QED) is 0.613. The van der Waals surface area contributed by atoms with Crippen LogP contribution in [0.1, 0.15) is 11.3 Å². The third kappa shape index (κ3) is 2.75. The van der Waals surface area contributed by atoms with E-state index in [9.17, 15) is 21.6 Å². The molecule has 0 saturated carbocycles. The van der Waals surface area contributed by atoms with E-state index >= 15 is 0 Å². The van der Waals surface area contributed by atoms with Gasteiger partial charge in [0.25, 0.3) is 0 Å². The van der Waals surface area contributed by atoms with Crippen LogP contribution in [0, 0.1) is 6.92 Å². The fourth-order valence-corrected chi connectivity index (χ4v) is 1.71. The van der Waals surface area contributed by atoms with Crippen molar-refractivity contribution >= 4 is 10.1 Å². The van der Waals surface area contributed by atoms with E-state index in [1.165, 1.54) is 25.8 Å². The van der Waals surface area contributed by atoms with Crippen molar-refractivity contribution in [2.24, 2.45) is 7.05 Å². The van der Waals surface area contributed by atoms with E-state index in [0.29, 0.717) is 5.69 Å². The Hall–Kier alpha value is -1.29. The Morgan fingerprint density at radius 3 is 2.39 bits per heavy atom. The number of ether oxygens (including phenoxy) is 1. The Morgan fingerprint density at radius 2 is 1.94 bits per heavy atom. The van der Waals surface area contributed by atoms with Gasteiger partial charge < -0.3 is 4.74 Å². The van der Waals surface area contributed by atoms with Crippen molar-refractivity contribution in [3.05, 3.63) is 11.3 Å². The molecule has 0 amide bonds. The number of hydrogen-bond donors (Lipinski definition) is 0. The Bertz CT molecular complexity index is 535. The van der Waals surface area contributed by atoms with Gasteiger partial charge in [-0.3, -0.25) is 4.18 Å². The Morgan fingerprint density at radius 1 is 1.39 bits per heavy atom. The molecule has 18 heavy (non-hydrogen) atoms. The number of alkyl halides is 3. The summed E-state index contributed by atoms with van der Waals surface area (Å²) in [6, 6.07) is 0.